The van der Waals surface area contributed by atoms with Crippen LogP contribution in [-0.4, -0.2) is 31.6 Å². The van der Waals surface area contributed by atoms with E-state index in [1.54, 1.807) is 24.3 Å². The van der Waals surface area contributed by atoms with Crippen molar-refractivity contribution in [3.8, 4) is 11.3 Å². The highest BCUT2D eigenvalue weighted by Crippen LogP contribution is 2.46. The molecule has 40 heavy (non-hydrogen) atoms. The lowest BCUT2D eigenvalue weighted by Gasteiger charge is -2.34. The van der Waals surface area contributed by atoms with Crippen LogP contribution in [0.25, 0.3) is 16.8 Å². The topological polar surface area (TPSA) is 33.7 Å². The van der Waals surface area contributed by atoms with Gasteiger partial charge in [0, 0.05) is 34.0 Å². The van der Waals surface area contributed by atoms with E-state index >= 15 is 8.63 Å². The Kier molecular flexibility index (Phi) is 6.02. The van der Waals surface area contributed by atoms with Gasteiger partial charge >= 0.3 is 6.97 Å². The molecule has 2 aliphatic heterocycles. The van der Waals surface area contributed by atoms with Crippen molar-refractivity contribution in [2.45, 2.75) is 9.92 Å². The molecular weight excluding hydrogens is 545 g/mol. The quantitative estimate of drug-likeness (QED) is 0.161. The van der Waals surface area contributed by atoms with Crippen molar-refractivity contribution >= 4 is 41.6 Å². The Balaban J connectivity index is 1.55. The predicted molar refractivity (Wildman–Crippen MR) is 157 cm³/mol. The second-order valence-corrected chi connectivity index (χ2v) is 10.8. The molecule has 0 bridgehead atoms. The van der Waals surface area contributed by atoms with E-state index in [4.69, 9.17) is 11.6 Å². The van der Waals surface area contributed by atoms with Crippen LogP contribution < -0.4 is 0 Å². The van der Waals surface area contributed by atoms with Crippen molar-refractivity contribution in [1.29, 1.82) is 0 Å². The number of aromatic nitrogens is 3. The second-order valence-electron chi connectivity index (χ2n) is 9.40. The van der Waals surface area contributed by atoms with Gasteiger partial charge in [-0.15, -0.1) is 0 Å². The van der Waals surface area contributed by atoms with E-state index in [1.165, 1.54) is 18.1 Å². The molecule has 0 atom stereocenters. The third-order valence-electron chi connectivity index (χ3n) is 7.08. The van der Waals surface area contributed by atoms with Gasteiger partial charge in [0.05, 0.1) is 11.1 Å². The van der Waals surface area contributed by atoms with Crippen LogP contribution in [0.1, 0.15) is 16.8 Å². The van der Waals surface area contributed by atoms with Crippen LogP contribution in [0.5, 0.6) is 0 Å². The van der Waals surface area contributed by atoms with Crippen LogP contribution in [0.4, 0.5) is 8.63 Å². The van der Waals surface area contributed by atoms with E-state index in [0.29, 0.717) is 50.1 Å². The summed E-state index contributed by atoms with van der Waals surface area (Å²) >= 11 is 8.21. The van der Waals surface area contributed by atoms with Gasteiger partial charge in [0.25, 0.3) is 0 Å². The van der Waals surface area contributed by atoms with Crippen LogP contribution >= 0.6 is 23.4 Å². The first kappa shape index (κ1) is 24.8. The summed E-state index contributed by atoms with van der Waals surface area (Å²) in [6, 6.07) is 31.7. The summed E-state index contributed by atoms with van der Waals surface area (Å²) in [5.74, 6) is 0. The zero-order valence-corrected chi connectivity index (χ0v) is 22.5. The van der Waals surface area contributed by atoms with E-state index < -0.39 is 6.97 Å². The normalized spacial score (nSPS) is 15.4. The van der Waals surface area contributed by atoms with Gasteiger partial charge in [-0.2, -0.15) is 0 Å². The largest absolute Gasteiger partial charge is 0.737 e. The molecular formula is C31H20BClF2N4S. The van der Waals surface area contributed by atoms with Gasteiger partial charge in [-0.25, -0.2) is 9.97 Å². The van der Waals surface area contributed by atoms with E-state index in [1.807, 2.05) is 91.0 Å². The number of rotatable bonds is 5. The summed E-state index contributed by atoms with van der Waals surface area (Å²) in [7, 11) is 0. The van der Waals surface area contributed by atoms with Gasteiger partial charge in [-0.05, 0) is 42.0 Å². The molecule has 0 saturated heterocycles. The summed E-state index contributed by atoms with van der Waals surface area (Å²) in [5.41, 5.74) is 4.02. The minimum absolute atomic E-state index is 0.198. The predicted octanol–water partition coefficient (Wildman–Crippen LogP) is 7.82. The molecule has 0 amide bonds. The van der Waals surface area contributed by atoms with Gasteiger partial charge in [-0.1, -0.05) is 90.1 Å². The van der Waals surface area contributed by atoms with E-state index in [-0.39, 0.29) is 5.15 Å². The maximum atomic E-state index is 16.9. The molecule has 0 unspecified atom stereocenters. The fourth-order valence-electron chi connectivity index (χ4n) is 5.40. The molecule has 9 heteroatoms. The third kappa shape index (κ3) is 3.94. The number of benzene rings is 3. The Labute approximate surface area is 239 Å². The Bertz CT molecular complexity index is 1850. The van der Waals surface area contributed by atoms with Crippen molar-refractivity contribution in [1.82, 2.24) is 14.4 Å². The Hall–Kier alpha value is -4.27. The number of halogens is 3. The van der Waals surface area contributed by atoms with E-state index in [2.05, 4.69) is 9.97 Å². The Morgan fingerprint density at radius 1 is 0.725 bits per heavy atom. The minimum Gasteiger partial charge on any atom is -0.389 e. The molecule has 0 fully saturated rings. The first-order valence-corrected chi connectivity index (χ1v) is 13.9. The molecule has 0 N–H and O–H groups in total. The van der Waals surface area contributed by atoms with E-state index in [0.717, 1.165) is 13.9 Å². The average Bonchev–Trinajstić information content (AvgIpc) is 3.63. The number of allylic oxidation sites excluding steroid dienone is 2. The molecule has 3 aromatic carbocycles. The van der Waals surface area contributed by atoms with Crippen molar-refractivity contribution in [2.75, 3.05) is 0 Å². The molecule has 0 aliphatic carbocycles. The molecule has 0 saturated carbocycles. The SMILES string of the molecule is F[B-]1(F)n2c(ccc2-c2ccccc2)C(c2c(Cl)ncnc2Sc2ccccc2)=C2C=CC(c3ccccc3)=[N+]21. The smallest absolute Gasteiger partial charge is 0.389 e. The first-order chi connectivity index (χ1) is 19.5. The van der Waals surface area contributed by atoms with Crippen molar-refractivity contribution in [3.05, 3.63) is 149 Å². The van der Waals surface area contributed by atoms with Crippen molar-refractivity contribution in [2.24, 2.45) is 0 Å². The molecule has 2 aliphatic rings. The molecule has 7 rings (SSSR count). The lowest BCUT2D eigenvalue weighted by Crippen LogP contribution is -2.51. The zero-order chi connectivity index (χ0) is 27.3. The first-order valence-electron chi connectivity index (χ1n) is 12.7. The number of fused-ring (bicyclic) bond motifs is 2. The molecule has 0 radical (unpaired) electrons. The molecule has 0 spiro atoms. The maximum Gasteiger partial charge on any atom is 0.737 e. The second kappa shape index (κ2) is 9.73. The highest BCUT2D eigenvalue weighted by molar-refractivity contribution is 7.99. The number of nitrogens with zero attached hydrogens (tertiary/aromatic N) is 4. The highest BCUT2D eigenvalue weighted by Gasteiger charge is 2.55. The molecule has 2 aromatic heterocycles. The number of hydrogen-bond acceptors (Lipinski definition) is 3. The maximum absolute atomic E-state index is 16.9. The molecule has 194 valence electrons. The van der Waals surface area contributed by atoms with Crippen LogP contribution in [0.3, 0.4) is 0 Å². The van der Waals surface area contributed by atoms with Crippen LogP contribution in [0.15, 0.2) is 137 Å². The molecule has 5 aromatic rings. The lowest BCUT2D eigenvalue weighted by molar-refractivity contribution is -0.360. The van der Waals surface area contributed by atoms with Gasteiger partial charge in [-0.3, -0.25) is 0 Å². The minimum atomic E-state index is -4.29. The average molecular weight is 565 g/mol. The summed E-state index contributed by atoms with van der Waals surface area (Å²) in [6.45, 7) is -4.29. The summed E-state index contributed by atoms with van der Waals surface area (Å²) in [5, 5.41) is 0.783. The number of hydrogen-bond donors (Lipinski definition) is 0. The Morgan fingerprint density at radius 3 is 2.05 bits per heavy atom. The van der Waals surface area contributed by atoms with Crippen molar-refractivity contribution < 1.29 is 13.1 Å². The standard InChI is InChI=1S/C31H20BClF2N4S/c33-30-29(31(37-20-36-30)40-23-14-8-3-9-15-23)28-26-18-16-24(21-10-4-1-5-11-21)38(26)32(34,35)39-25(17-19-27(28)39)22-12-6-2-7-13-22/h1-20H. The Morgan fingerprint density at radius 2 is 1.35 bits per heavy atom. The van der Waals surface area contributed by atoms with Gasteiger partial charge in [0.2, 0.25) is 0 Å². The fourth-order valence-corrected chi connectivity index (χ4v) is 6.60. The fraction of sp³-hybridized carbons (Fsp3) is 0. The summed E-state index contributed by atoms with van der Waals surface area (Å²) in [4.78, 5) is 9.81. The lowest BCUT2D eigenvalue weighted by atomic mass is 9.85. The highest BCUT2D eigenvalue weighted by atomic mass is 35.5. The van der Waals surface area contributed by atoms with Gasteiger partial charge in [0.15, 0.2) is 11.4 Å². The van der Waals surface area contributed by atoms with E-state index in [9.17, 15) is 0 Å². The summed E-state index contributed by atoms with van der Waals surface area (Å²) < 4.78 is 36.1. The van der Waals surface area contributed by atoms with Crippen LogP contribution in [0.2, 0.25) is 5.15 Å². The zero-order valence-electron chi connectivity index (χ0n) is 21.0. The molecule has 4 nitrogen and oxygen atoms in total. The summed E-state index contributed by atoms with van der Waals surface area (Å²) in [6.07, 6.45) is 4.89. The van der Waals surface area contributed by atoms with Gasteiger partial charge < -0.3 is 17.6 Å². The third-order valence-corrected chi connectivity index (χ3v) is 8.38. The van der Waals surface area contributed by atoms with Crippen molar-refractivity contribution in [3.63, 3.8) is 0 Å². The van der Waals surface area contributed by atoms with Crippen LogP contribution in [0, 0.1) is 0 Å². The molecule has 4 heterocycles. The monoisotopic (exact) mass is 564 g/mol. The van der Waals surface area contributed by atoms with Gasteiger partial charge in [0.1, 0.15) is 16.5 Å². The van der Waals surface area contributed by atoms with Crippen LogP contribution in [-0.2, 0) is 0 Å².